The van der Waals surface area contributed by atoms with Gasteiger partial charge in [-0.2, -0.15) is 0 Å². The molecule has 1 N–H and O–H groups in total. The Kier molecular flexibility index (Phi) is 7.21. The zero-order valence-corrected chi connectivity index (χ0v) is 15.8. The van der Waals surface area contributed by atoms with Crippen LogP contribution in [0.1, 0.15) is 50.2 Å². The van der Waals surface area contributed by atoms with Crippen LogP contribution in [0.5, 0.6) is 0 Å². The van der Waals surface area contributed by atoms with Gasteiger partial charge in [0.15, 0.2) is 0 Å². The maximum absolute atomic E-state index is 12.4. The molecule has 2 heterocycles. The summed E-state index contributed by atoms with van der Waals surface area (Å²) in [5.74, 6) is 0.555. The highest BCUT2D eigenvalue weighted by Gasteiger charge is 2.29. The van der Waals surface area contributed by atoms with Gasteiger partial charge in [0, 0.05) is 43.3 Å². The largest absolute Gasteiger partial charge is 0.355 e. The number of amides is 2. The van der Waals surface area contributed by atoms with Crippen LogP contribution >= 0.6 is 11.3 Å². The average Bonchev–Trinajstić information content (AvgIpc) is 3.01. The van der Waals surface area contributed by atoms with Gasteiger partial charge in [0.2, 0.25) is 11.8 Å². The van der Waals surface area contributed by atoms with Gasteiger partial charge in [0.05, 0.1) is 10.7 Å². The highest BCUT2D eigenvalue weighted by Crippen LogP contribution is 2.21. The molecule has 0 aromatic carbocycles. The van der Waals surface area contributed by atoms with Crippen LogP contribution in [0.4, 0.5) is 0 Å². The van der Waals surface area contributed by atoms with Gasteiger partial charge < -0.3 is 10.2 Å². The normalized spacial score (nSPS) is 15.8. The smallest absolute Gasteiger partial charge is 0.225 e. The fourth-order valence-corrected chi connectivity index (χ4v) is 3.89. The van der Waals surface area contributed by atoms with Crippen molar-refractivity contribution in [1.82, 2.24) is 15.2 Å². The van der Waals surface area contributed by atoms with E-state index in [0.717, 1.165) is 42.8 Å². The van der Waals surface area contributed by atoms with Gasteiger partial charge in [0.25, 0.3) is 0 Å². The molecule has 6 heteroatoms. The van der Waals surface area contributed by atoms with Crippen LogP contribution in [-0.4, -0.2) is 41.3 Å². The summed E-state index contributed by atoms with van der Waals surface area (Å²) in [5.41, 5.74) is 1.04. The number of hydrogen-bond acceptors (Lipinski definition) is 4. The van der Waals surface area contributed by atoms with Gasteiger partial charge >= 0.3 is 0 Å². The third kappa shape index (κ3) is 5.03. The molecule has 1 saturated heterocycles. The minimum absolute atomic E-state index is 0.0351. The van der Waals surface area contributed by atoms with Gasteiger partial charge in [-0.1, -0.05) is 13.8 Å². The average molecular weight is 352 g/mol. The van der Waals surface area contributed by atoms with E-state index in [1.165, 1.54) is 0 Å². The zero-order valence-electron chi connectivity index (χ0n) is 15.0. The fourth-order valence-electron chi connectivity index (χ4n) is 3.24. The zero-order chi connectivity index (χ0) is 17.5. The second-order valence-electron chi connectivity index (χ2n) is 6.51. The Bertz CT molecular complexity index is 546. The van der Waals surface area contributed by atoms with E-state index in [2.05, 4.69) is 24.1 Å². The number of hydrogen-bond donors (Lipinski definition) is 1. The van der Waals surface area contributed by atoms with Crippen LogP contribution in [-0.2, 0) is 16.0 Å². The van der Waals surface area contributed by atoms with Crippen molar-refractivity contribution < 1.29 is 9.59 Å². The molecule has 0 saturated carbocycles. The molecule has 1 fully saturated rings. The molecule has 2 rings (SSSR count). The first kappa shape index (κ1) is 18.9. The summed E-state index contributed by atoms with van der Waals surface area (Å²) in [6.07, 6.45) is 4.11. The minimum atomic E-state index is 0.0351. The Morgan fingerprint density at radius 3 is 2.54 bits per heavy atom. The van der Waals surface area contributed by atoms with Gasteiger partial charge in [-0.15, -0.1) is 11.3 Å². The summed E-state index contributed by atoms with van der Waals surface area (Å²) in [6.45, 7) is 8.17. The highest BCUT2D eigenvalue weighted by molar-refractivity contribution is 7.09. The number of aromatic nitrogens is 1. The standard InChI is InChI=1S/C18H29N3O2S/c1-4-14(5-2)18(23)21-10-7-15(8-11-21)17(22)19-9-6-16-12-24-13(3)20-16/h12,14-15H,4-11H2,1-3H3,(H,19,22). The van der Waals surface area contributed by atoms with Gasteiger partial charge in [0.1, 0.15) is 0 Å². The third-order valence-electron chi connectivity index (χ3n) is 4.86. The molecule has 2 amide bonds. The fraction of sp³-hybridized carbons (Fsp3) is 0.722. The summed E-state index contributed by atoms with van der Waals surface area (Å²) >= 11 is 1.64. The molecule has 1 aliphatic heterocycles. The number of carbonyl (C=O) groups excluding carboxylic acids is 2. The Morgan fingerprint density at radius 2 is 2.00 bits per heavy atom. The molecule has 0 spiro atoms. The number of nitrogens with one attached hydrogen (secondary N) is 1. The molecule has 0 bridgehead atoms. The quantitative estimate of drug-likeness (QED) is 0.822. The summed E-state index contributed by atoms with van der Waals surface area (Å²) in [6, 6.07) is 0. The highest BCUT2D eigenvalue weighted by atomic mass is 32.1. The molecule has 0 radical (unpaired) electrons. The topological polar surface area (TPSA) is 62.3 Å². The Labute approximate surface area is 148 Å². The Hall–Kier alpha value is -1.43. The predicted molar refractivity (Wildman–Crippen MR) is 96.9 cm³/mol. The lowest BCUT2D eigenvalue weighted by Gasteiger charge is -2.33. The van der Waals surface area contributed by atoms with Crippen LogP contribution in [0.2, 0.25) is 0 Å². The van der Waals surface area contributed by atoms with Gasteiger partial charge in [-0.25, -0.2) is 4.98 Å². The minimum Gasteiger partial charge on any atom is -0.355 e. The van der Waals surface area contributed by atoms with E-state index in [9.17, 15) is 9.59 Å². The van der Waals surface area contributed by atoms with E-state index < -0.39 is 0 Å². The van der Waals surface area contributed by atoms with Crippen LogP contribution < -0.4 is 5.32 Å². The van der Waals surface area contributed by atoms with E-state index in [1.807, 2.05) is 17.2 Å². The van der Waals surface area contributed by atoms with Crippen molar-refractivity contribution in [2.75, 3.05) is 19.6 Å². The molecule has 1 aromatic heterocycles. The lowest BCUT2D eigenvalue weighted by Crippen LogP contribution is -2.45. The van der Waals surface area contributed by atoms with E-state index in [0.29, 0.717) is 19.6 Å². The molecular formula is C18H29N3O2S. The second-order valence-corrected chi connectivity index (χ2v) is 7.57. The number of likely N-dealkylation sites (tertiary alicyclic amines) is 1. The number of carbonyl (C=O) groups is 2. The first-order valence-electron chi connectivity index (χ1n) is 9.02. The lowest BCUT2D eigenvalue weighted by molar-refractivity contribution is -0.139. The van der Waals surface area contributed by atoms with Crippen molar-refractivity contribution in [2.24, 2.45) is 11.8 Å². The van der Waals surface area contributed by atoms with Gasteiger partial charge in [-0.3, -0.25) is 9.59 Å². The first-order chi connectivity index (χ1) is 11.5. The molecule has 0 atom stereocenters. The molecule has 5 nitrogen and oxygen atoms in total. The van der Waals surface area contributed by atoms with E-state index in [1.54, 1.807) is 11.3 Å². The summed E-state index contributed by atoms with van der Waals surface area (Å²) < 4.78 is 0. The van der Waals surface area contributed by atoms with Crippen LogP contribution in [0.3, 0.4) is 0 Å². The van der Waals surface area contributed by atoms with Crippen molar-refractivity contribution in [3.8, 4) is 0 Å². The SMILES string of the molecule is CCC(CC)C(=O)N1CCC(C(=O)NCCc2csc(C)n2)CC1. The van der Waals surface area contributed by atoms with Crippen molar-refractivity contribution in [3.63, 3.8) is 0 Å². The van der Waals surface area contributed by atoms with Crippen LogP contribution in [0.25, 0.3) is 0 Å². The molecule has 24 heavy (non-hydrogen) atoms. The molecule has 0 aliphatic carbocycles. The number of thiazole rings is 1. The maximum Gasteiger partial charge on any atom is 0.225 e. The molecule has 134 valence electrons. The van der Waals surface area contributed by atoms with E-state index in [-0.39, 0.29) is 23.7 Å². The predicted octanol–water partition coefficient (Wildman–Crippen LogP) is 2.79. The summed E-state index contributed by atoms with van der Waals surface area (Å²) in [5, 5.41) is 6.13. The molecule has 1 aromatic rings. The summed E-state index contributed by atoms with van der Waals surface area (Å²) in [7, 11) is 0. The number of aryl methyl sites for hydroxylation is 1. The van der Waals surface area contributed by atoms with Crippen LogP contribution in [0.15, 0.2) is 5.38 Å². The maximum atomic E-state index is 12.4. The van der Waals surface area contributed by atoms with Crippen molar-refractivity contribution in [2.45, 2.75) is 52.9 Å². The molecule has 0 unspecified atom stereocenters. The molecular weight excluding hydrogens is 322 g/mol. The van der Waals surface area contributed by atoms with E-state index >= 15 is 0 Å². The van der Waals surface area contributed by atoms with Crippen molar-refractivity contribution >= 4 is 23.2 Å². The summed E-state index contributed by atoms with van der Waals surface area (Å²) in [4.78, 5) is 31.0. The number of nitrogens with zero attached hydrogens (tertiary/aromatic N) is 2. The number of piperidine rings is 1. The van der Waals surface area contributed by atoms with Gasteiger partial charge in [-0.05, 0) is 32.6 Å². The Balaban J connectivity index is 1.71. The third-order valence-corrected chi connectivity index (χ3v) is 5.68. The van der Waals surface area contributed by atoms with Crippen molar-refractivity contribution in [3.05, 3.63) is 16.1 Å². The first-order valence-corrected chi connectivity index (χ1v) is 9.90. The molecule has 1 aliphatic rings. The second kappa shape index (κ2) is 9.16. The van der Waals surface area contributed by atoms with Crippen molar-refractivity contribution in [1.29, 1.82) is 0 Å². The van der Waals surface area contributed by atoms with Crippen LogP contribution in [0, 0.1) is 18.8 Å². The Morgan fingerprint density at radius 1 is 1.33 bits per heavy atom. The van der Waals surface area contributed by atoms with E-state index in [4.69, 9.17) is 0 Å². The monoisotopic (exact) mass is 351 g/mol. The lowest BCUT2D eigenvalue weighted by atomic mass is 9.93. The number of rotatable bonds is 7.